The second kappa shape index (κ2) is 8.97. The van der Waals surface area contributed by atoms with Gasteiger partial charge >= 0.3 is 0 Å². The standard InChI is InChI=1S/C20H21F2NO2S2/c1-13(27(2)24)18-7-8-26-12-15(18)11-25-17-5-3-14(4-6-17)20-19(22)9-16(21)10-23-20/h3-6,9-10,15,18H,1,7-8,11-12H2,2H3/t15-,18?,27?/m0/s1. The predicted octanol–water partition coefficient (Wildman–Crippen LogP) is 4.67. The monoisotopic (exact) mass is 409 g/mol. The van der Waals surface area contributed by atoms with Crippen LogP contribution in [0.4, 0.5) is 8.78 Å². The zero-order valence-electron chi connectivity index (χ0n) is 15.0. The molecule has 1 aliphatic heterocycles. The van der Waals surface area contributed by atoms with Crippen LogP contribution in [0.25, 0.3) is 11.3 Å². The summed E-state index contributed by atoms with van der Waals surface area (Å²) >= 11 is 1.87. The molecule has 2 aromatic rings. The maximum Gasteiger partial charge on any atom is 0.152 e. The lowest BCUT2D eigenvalue weighted by molar-refractivity contribution is 0.224. The number of pyridine rings is 1. The van der Waals surface area contributed by atoms with Crippen LogP contribution < -0.4 is 4.74 Å². The first-order chi connectivity index (χ1) is 13.0. The van der Waals surface area contributed by atoms with Gasteiger partial charge in [0.2, 0.25) is 0 Å². The number of hydrogen-bond donors (Lipinski definition) is 0. The Morgan fingerprint density at radius 1 is 1.37 bits per heavy atom. The van der Waals surface area contributed by atoms with Crippen LogP contribution in [0, 0.1) is 23.5 Å². The molecule has 27 heavy (non-hydrogen) atoms. The van der Waals surface area contributed by atoms with E-state index < -0.39 is 22.4 Å². The molecule has 0 N–H and O–H groups in total. The van der Waals surface area contributed by atoms with E-state index in [-0.39, 0.29) is 17.5 Å². The van der Waals surface area contributed by atoms with Crippen LogP contribution in [-0.4, -0.2) is 33.6 Å². The number of aromatic nitrogens is 1. The first kappa shape index (κ1) is 20.0. The van der Waals surface area contributed by atoms with E-state index in [1.54, 1.807) is 30.5 Å². The van der Waals surface area contributed by atoms with Crippen molar-refractivity contribution < 1.29 is 17.7 Å². The molecule has 144 valence electrons. The minimum atomic E-state index is -1.03. The average molecular weight is 410 g/mol. The molecule has 0 spiro atoms. The molecule has 0 aliphatic carbocycles. The summed E-state index contributed by atoms with van der Waals surface area (Å²) in [5.41, 5.74) is 0.661. The molecule has 0 bridgehead atoms. The fraction of sp³-hybridized carbons (Fsp3) is 0.350. The van der Waals surface area contributed by atoms with E-state index in [0.29, 0.717) is 17.9 Å². The lowest BCUT2D eigenvalue weighted by atomic mass is 9.91. The summed E-state index contributed by atoms with van der Waals surface area (Å²) < 4.78 is 44.5. The fourth-order valence-electron chi connectivity index (χ4n) is 3.14. The highest BCUT2D eigenvalue weighted by Gasteiger charge is 2.29. The Balaban J connectivity index is 1.66. The van der Waals surface area contributed by atoms with Crippen molar-refractivity contribution in [1.29, 1.82) is 0 Å². The second-order valence-corrected chi connectivity index (χ2v) is 9.05. The maximum absolute atomic E-state index is 13.8. The van der Waals surface area contributed by atoms with Crippen molar-refractivity contribution >= 4 is 22.6 Å². The highest BCUT2D eigenvalue weighted by Crippen LogP contribution is 2.35. The first-order valence-electron chi connectivity index (χ1n) is 8.60. The van der Waals surface area contributed by atoms with Crippen LogP contribution in [0.5, 0.6) is 5.75 Å². The van der Waals surface area contributed by atoms with Crippen molar-refractivity contribution in [2.45, 2.75) is 6.42 Å². The number of nitrogens with zero attached hydrogens (tertiary/aromatic N) is 1. The summed E-state index contributed by atoms with van der Waals surface area (Å²) in [6.45, 7) is 4.52. The number of allylic oxidation sites excluding steroid dienone is 1. The van der Waals surface area contributed by atoms with Crippen LogP contribution in [0.1, 0.15) is 6.42 Å². The largest absolute Gasteiger partial charge is 0.493 e. The van der Waals surface area contributed by atoms with Gasteiger partial charge < -0.3 is 4.74 Å². The van der Waals surface area contributed by atoms with Crippen LogP contribution in [-0.2, 0) is 10.8 Å². The first-order valence-corrected chi connectivity index (χ1v) is 11.3. The van der Waals surface area contributed by atoms with E-state index in [2.05, 4.69) is 11.6 Å². The van der Waals surface area contributed by atoms with Crippen molar-refractivity contribution in [3.8, 4) is 17.0 Å². The second-order valence-electron chi connectivity index (χ2n) is 6.47. The highest BCUT2D eigenvalue weighted by atomic mass is 32.2. The Morgan fingerprint density at radius 3 is 2.78 bits per heavy atom. The molecule has 3 rings (SSSR count). The Morgan fingerprint density at radius 2 is 2.11 bits per heavy atom. The minimum absolute atomic E-state index is 0.105. The molecular weight excluding hydrogens is 388 g/mol. The highest BCUT2D eigenvalue weighted by molar-refractivity contribution is 7.99. The van der Waals surface area contributed by atoms with Crippen molar-refractivity contribution in [1.82, 2.24) is 4.98 Å². The molecule has 1 fully saturated rings. The third-order valence-corrected chi connectivity index (χ3v) is 6.89. The van der Waals surface area contributed by atoms with Crippen LogP contribution in [0.3, 0.4) is 0 Å². The smallest absolute Gasteiger partial charge is 0.152 e. The third-order valence-electron chi connectivity index (χ3n) is 4.66. The summed E-state index contributed by atoms with van der Waals surface area (Å²) in [4.78, 5) is 4.60. The summed E-state index contributed by atoms with van der Waals surface area (Å²) in [5, 5.41) is 0. The Hall–Kier alpha value is -1.73. The third kappa shape index (κ3) is 4.96. The number of thioether (sulfide) groups is 1. The summed E-state index contributed by atoms with van der Waals surface area (Å²) in [6.07, 6.45) is 3.63. The lowest BCUT2D eigenvalue weighted by Crippen LogP contribution is -2.30. The van der Waals surface area contributed by atoms with Crippen molar-refractivity contribution in [2.24, 2.45) is 11.8 Å². The molecule has 1 aromatic heterocycles. The number of hydrogen-bond acceptors (Lipinski definition) is 4. The average Bonchev–Trinajstić information content (AvgIpc) is 2.66. The lowest BCUT2D eigenvalue weighted by Gasteiger charge is -2.31. The zero-order chi connectivity index (χ0) is 19.4. The van der Waals surface area contributed by atoms with Gasteiger partial charge in [-0.1, -0.05) is 6.58 Å². The summed E-state index contributed by atoms with van der Waals surface area (Å²) in [6, 6.07) is 7.71. The SMILES string of the molecule is C=C(C1CCSC[C@@H]1COc1ccc(-c2ncc(F)cc2F)cc1)S(C)=O. The summed E-state index contributed by atoms with van der Waals surface area (Å²) in [7, 11) is -1.03. The molecule has 0 saturated carbocycles. The number of ether oxygens (including phenoxy) is 1. The topological polar surface area (TPSA) is 39.2 Å². The van der Waals surface area contributed by atoms with E-state index in [9.17, 15) is 13.0 Å². The maximum atomic E-state index is 13.8. The van der Waals surface area contributed by atoms with Gasteiger partial charge in [-0.3, -0.25) is 9.19 Å². The van der Waals surface area contributed by atoms with E-state index >= 15 is 0 Å². The van der Waals surface area contributed by atoms with Crippen molar-refractivity contribution in [3.63, 3.8) is 0 Å². The molecule has 1 aromatic carbocycles. The molecule has 1 saturated heterocycles. The number of rotatable bonds is 6. The van der Waals surface area contributed by atoms with Crippen LogP contribution >= 0.6 is 11.8 Å². The predicted molar refractivity (Wildman–Crippen MR) is 107 cm³/mol. The van der Waals surface area contributed by atoms with Gasteiger partial charge in [0.25, 0.3) is 0 Å². The van der Waals surface area contributed by atoms with Gasteiger partial charge in [-0.2, -0.15) is 11.8 Å². The zero-order valence-corrected chi connectivity index (χ0v) is 16.6. The van der Waals surface area contributed by atoms with Gasteiger partial charge in [0, 0.05) is 39.5 Å². The Kier molecular flexibility index (Phi) is 6.65. The van der Waals surface area contributed by atoms with Gasteiger partial charge in [-0.25, -0.2) is 8.78 Å². The normalized spacial score (nSPS) is 20.9. The van der Waals surface area contributed by atoms with Gasteiger partial charge in [0.15, 0.2) is 5.82 Å². The van der Waals surface area contributed by atoms with Crippen molar-refractivity contribution in [3.05, 3.63) is 59.6 Å². The molecule has 7 heteroatoms. The Labute approximate surface area is 164 Å². The minimum Gasteiger partial charge on any atom is -0.493 e. The quantitative estimate of drug-likeness (QED) is 0.695. The van der Waals surface area contributed by atoms with Crippen LogP contribution in [0.2, 0.25) is 0 Å². The molecular formula is C20H21F2NO2S2. The van der Waals surface area contributed by atoms with E-state index in [4.69, 9.17) is 4.74 Å². The van der Waals surface area contributed by atoms with E-state index in [1.807, 2.05) is 11.8 Å². The summed E-state index contributed by atoms with van der Waals surface area (Å²) in [5.74, 6) is 1.72. The molecule has 1 aliphatic rings. The van der Waals surface area contributed by atoms with Crippen molar-refractivity contribution in [2.75, 3.05) is 24.4 Å². The van der Waals surface area contributed by atoms with E-state index in [0.717, 1.165) is 35.1 Å². The number of benzene rings is 1. The molecule has 3 nitrogen and oxygen atoms in total. The fourth-order valence-corrected chi connectivity index (χ4v) is 5.09. The Bertz CT molecular complexity index is 842. The molecule has 0 amide bonds. The molecule has 2 heterocycles. The van der Waals surface area contributed by atoms with Gasteiger partial charge in [-0.05, 0) is 48.1 Å². The molecule has 2 unspecified atom stereocenters. The van der Waals surface area contributed by atoms with E-state index in [1.165, 1.54) is 0 Å². The number of halogens is 2. The van der Waals surface area contributed by atoms with Gasteiger partial charge in [-0.15, -0.1) is 0 Å². The van der Waals surface area contributed by atoms with Gasteiger partial charge in [0.05, 0.1) is 12.8 Å². The molecule has 3 atom stereocenters. The van der Waals surface area contributed by atoms with Gasteiger partial charge in [0.1, 0.15) is 17.3 Å². The van der Waals surface area contributed by atoms with Crippen LogP contribution in [0.15, 0.2) is 48.0 Å². The molecule has 0 radical (unpaired) electrons.